The average Bonchev–Trinajstić information content (AvgIpc) is 2.32. The molecule has 0 aliphatic heterocycles. The highest BCUT2D eigenvalue weighted by molar-refractivity contribution is 5.81. The SMILES string of the molecule is C=CCOC(=O)NC(CC=C)C(=O)OCC=C. The van der Waals surface area contributed by atoms with Gasteiger partial charge in [-0.05, 0) is 6.42 Å². The van der Waals surface area contributed by atoms with Crippen LogP contribution in [0, 0.1) is 0 Å². The fourth-order valence-electron chi connectivity index (χ4n) is 0.941. The van der Waals surface area contributed by atoms with Gasteiger partial charge in [0.25, 0.3) is 0 Å². The van der Waals surface area contributed by atoms with Gasteiger partial charge in [-0.3, -0.25) is 0 Å². The van der Waals surface area contributed by atoms with E-state index in [1.807, 2.05) is 0 Å². The number of hydrogen-bond donors (Lipinski definition) is 1. The molecule has 94 valence electrons. The van der Waals surface area contributed by atoms with Crippen molar-refractivity contribution < 1.29 is 19.1 Å². The number of nitrogens with one attached hydrogen (secondary N) is 1. The summed E-state index contributed by atoms with van der Waals surface area (Å²) in [6, 6.07) is -0.801. The molecule has 0 saturated heterocycles. The van der Waals surface area contributed by atoms with E-state index in [0.717, 1.165) is 0 Å². The van der Waals surface area contributed by atoms with Crippen molar-refractivity contribution in [2.75, 3.05) is 13.2 Å². The molecule has 0 aromatic heterocycles. The maximum absolute atomic E-state index is 11.5. The van der Waals surface area contributed by atoms with Gasteiger partial charge in [-0.1, -0.05) is 31.4 Å². The fourth-order valence-corrected chi connectivity index (χ4v) is 0.941. The molecule has 0 aliphatic carbocycles. The molecule has 5 nitrogen and oxygen atoms in total. The Morgan fingerprint density at radius 2 is 1.65 bits per heavy atom. The molecule has 1 unspecified atom stereocenters. The van der Waals surface area contributed by atoms with E-state index in [0.29, 0.717) is 0 Å². The fraction of sp³-hybridized carbons (Fsp3) is 0.333. The van der Waals surface area contributed by atoms with Crippen LogP contribution in [-0.4, -0.2) is 31.3 Å². The molecule has 1 amide bonds. The summed E-state index contributed by atoms with van der Waals surface area (Å²) in [7, 11) is 0. The number of carbonyl (C=O) groups excluding carboxylic acids is 2. The Bertz CT molecular complexity index is 299. The number of ether oxygens (including phenoxy) is 2. The Hall–Kier alpha value is -2.04. The Balaban J connectivity index is 4.25. The Labute approximate surface area is 101 Å². The zero-order chi connectivity index (χ0) is 13.1. The minimum absolute atomic E-state index is 0.0777. The van der Waals surface area contributed by atoms with Gasteiger partial charge in [0.1, 0.15) is 19.3 Å². The van der Waals surface area contributed by atoms with Crippen molar-refractivity contribution in [2.45, 2.75) is 12.5 Å². The second-order valence-electron chi connectivity index (χ2n) is 3.03. The van der Waals surface area contributed by atoms with Gasteiger partial charge >= 0.3 is 12.1 Å². The van der Waals surface area contributed by atoms with Crippen LogP contribution in [0.1, 0.15) is 6.42 Å². The quantitative estimate of drug-likeness (QED) is 0.516. The zero-order valence-electron chi connectivity index (χ0n) is 9.69. The summed E-state index contributed by atoms with van der Waals surface area (Å²) >= 11 is 0. The first kappa shape index (κ1) is 15.0. The second kappa shape index (κ2) is 9.21. The molecule has 0 aliphatic rings. The van der Waals surface area contributed by atoms with Crippen LogP contribution >= 0.6 is 0 Å². The lowest BCUT2D eigenvalue weighted by molar-refractivity contribution is -0.144. The number of rotatable bonds is 8. The number of amides is 1. The Morgan fingerprint density at radius 3 is 2.18 bits per heavy atom. The molecular weight excluding hydrogens is 222 g/mol. The van der Waals surface area contributed by atoms with Gasteiger partial charge < -0.3 is 14.8 Å². The Morgan fingerprint density at radius 1 is 1.06 bits per heavy atom. The molecule has 0 aromatic rings. The summed E-state index contributed by atoms with van der Waals surface area (Å²) in [6.07, 6.45) is 3.94. The van der Waals surface area contributed by atoms with Crippen molar-refractivity contribution in [3.63, 3.8) is 0 Å². The first-order valence-electron chi connectivity index (χ1n) is 5.08. The first-order chi connectivity index (χ1) is 8.15. The molecular formula is C12H17NO4. The maximum atomic E-state index is 11.5. The van der Waals surface area contributed by atoms with E-state index >= 15 is 0 Å². The lowest BCUT2D eigenvalue weighted by atomic mass is 10.2. The molecule has 0 radical (unpaired) electrons. The molecule has 1 atom stereocenters. The number of alkyl carbamates (subject to hydrolysis) is 1. The second-order valence-corrected chi connectivity index (χ2v) is 3.03. The number of esters is 1. The molecule has 0 heterocycles. The molecule has 0 bridgehead atoms. The number of carbonyl (C=O) groups is 2. The van der Waals surface area contributed by atoms with Crippen LogP contribution < -0.4 is 5.32 Å². The lowest BCUT2D eigenvalue weighted by Gasteiger charge is -2.15. The smallest absolute Gasteiger partial charge is 0.408 e. The van der Waals surface area contributed by atoms with Crippen LogP contribution in [0.5, 0.6) is 0 Å². The summed E-state index contributed by atoms with van der Waals surface area (Å²) in [4.78, 5) is 22.7. The van der Waals surface area contributed by atoms with Crippen LogP contribution in [0.15, 0.2) is 38.0 Å². The van der Waals surface area contributed by atoms with Crippen LogP contribution in [0.25, 0.3) is 0 Å². The molecule has 0 aromatic carbocycles. The first-order valence-corrected chi connectivity index (χ1v) is 5.08. The monoisotopic (exact) mass is 239 g/mol. The third kappa shape index (κ3) is 6.94. The van der Waals surface area contributed by atoms with Gasteiger partial charge in [0.2, 0.25) is 0 Å². The van der Waals surface area contributed by atoms with Crippen molar-refractivity contribution in [3.8, 4) is 0 Å². The Kier molecular flexibility index (Phi) is 8.10. The predicted octanol–water partition coefficient (Wildman–Crippen LogP) is 1.57. The average molecular weight is 239 g/mol. The van der Waals surface area contributed by atoms with Crippen LogP contribution in [0.4, 0.5) is 4.79 Å². The van der Waals surface area contributed by atoms with E-state index < -0.39 is 18.1 Å². The van der Waals surface area contributed by atoms with E-state index in [9.17, 15) is 9.59 Å². The van der Waals surface area contributed by atoms with E-state index in [4.69, 9.17) is 9.47 Å². The van der Waals surface area contributed by atoms with Crippen LogP contribution in [0.2, 0.25) is 0 Å². The highest BCUT2D eigenvalue weighted by Gasteiger charge is 2.21. The van der Waals surface area contributed by atoms with E-state index in [1.54, 1.807) is 0 Å². The van der Waals surface area contributed by atoms with E-state index in [2.05, 4.69) is 25.1 Å². The van der Waals surface area contributed by atoms with Gasteiger partial charge in [0.05, 0.1) is 0 Å². The zero-order valence-corrected chi connectivity index (χ0v) is 9.69. The topological polar surface area (TPSA) is 64.6 Å². The van der Waals surface area contributed by atoms with E-state index in [-0.39, 0.29) is 19.6 Å². The van der Waals surface area contributed by atoms with Crippen LogP contribution in [0.3, 0.4) is 0 Å². The third-order valence-corrected chi connectivity index (χ3v) is 1.65. The molecule has 5 heteroatoms. The minimum atomic E-state index is -0.801. The molecule has 0 rings (SSSR count). The summed E-state index contributed by atoms with van der Waals surface area (Å²) in [6.45, 7) is 10.5. The van der Waals surface area contributed by atoms with Gasteiger partial charge in [0, 0.05) is 0 Å². The normalized spacial score (nSPS) is 10.8. The summed E-state index contributed by atoms with van der Waals surface area (Å²) in [5.74, 6) is -0.555. The van der Waals surface area contributed by atoms with Crippen molar-refractivity contribution in [1.29, 1.82) is 0 Å². The highest BCUT2D eigenvalue weighted by Crippen LogP contribution is 1.98. The van der Waals surface area contributed by atoms with Gasteiger partial charge in [-0.15, -0.1) is 6.58 Å². The lowest BCUT2D eigenvalue weighted by Crippen LogP contribution is -2.41. The van der Waals surface area contributed by atoms with Crippen LogP contribution in [-0.2, 0) is 14.3 Å². The minimum Gasteiger partial charge on any atom is -0.460 e. The van der Waals surface area contributed by atoms with Crippen molar-refractivity contribution >= 4 is 12.1 Å². The molecule has 1 N–H and O–H groups in total. The van der Waals surface area contributed by atoms with E-state index in [1.165, 1.54) is 18.2 Å². The molecule has 0 fully saturated rings. The van der Waals surface area contributed by atoms with Gasteiger partial charge in [-0.2, -0.15) is 0 Å². The maximum Gasteiger partial charge on any atom is 0.408 e. The summed E-state index contributed by atoms with van der Waals surface area (Å²) < 4.78 is 9.51. The molecule has 0 spiro atoms. The standard InChI is InChI=1S/C12H17NO4/c1-4-7-10(11(14)16-8-5-2)13-12(15)17-9-6-3/h4-6,10H,1-3,7-9H2,(H,13,15). The number of hydrogen-bond acceptors (Lipinski definition) is 4. The van der Waals surface area contributed by atoms with Crippen molar-refractivity contribution in [2.24, 2.45) is 0 Å². The van der Waals surface area contributed by atoms with Gasteiger partial charge in [0.15, 0.2) is 0 Å². The summed E-state index contributed by atoms with van der Waals surface area (Å²) in [5.41, 5.74) is 0. The predicted molar refractivity (Wildman–Crippen MR) is 64.4 cm³/mol. The largest absolute Gasteiger partial charge is 0.460 e. The van der Waals surface area contributed by atoms with Gasteiger partial charge in [-0.25, -0.2) is 9.59 Å². The summed E-state index contributed by atoms with van der Waals surface area (Å²) in [5, 5.41) is 2.37. The molecule has 0 saturated carbocycles. The van der Waals surface area contributed by atoms with Crippen molar-refractivity contribution in [1.82, 2.24) is 5.32 Å². The highest BCUT2D eigenvalue weighted by atomic mass is 16.6. The third-order valence-electron chi connectivity index (χ3n) is 1.65. The van der Waals surface area contributed by atoms with Crippen molar-refractivity contribution in [3.05, 3.63) is 38.0 Å². The molecule has 17 heavy (non-hydrogen) atoms.